The van der Waals surface area contributed by atoms with Crippen molar-refractivity contribution in [3.63, 3.8) is 0 Å². The zero-order valence-electron chi connectivity index (χ0n) is 21.8. The van der Waals surface area contributed by atoms with E-state index in [1.807, 2.05) is 12.3 Å². The normalized spacial score (nSPS) is 13.6. The van der Waals surface area contributed by atoms with E-state index in [1.54, 1.807) is 0 Å². The Labute approximate surface area is 220 Å². The van der Waals surface area contributed by atoms with Crippen molar-refractivity contribution < 1.29 is 9.13 Å². The lowest BCUT2D eigenvalue weighted by Crippen LogP contribution is -2.28. The maximum Gasteiger partial charge on any atom is 0.182 e. The molecule has 0 fully saturated rings. The van der Waals surface area contributed by atoms with Gasteiger partial charge in [0.05, 0.1) is 13.2 Å². The molecular formula is C28H33FN6OS. The molecule has 0 amide bonds. The van der Waals surface area contributed by atoms with Gasteiger partial charge < -0.3 is 15.4 Å². The van der Waals surface area contributed by atoms with E-state index in [9.17, 15) is 4.39 Å². The van der Waals surface area contributed by atoms with Crippen molar-refractivity contribution in [3.8, 4) is 16.9 Å². The molecule has 0 aliphatic carbocycles. The molecule has 4 aromatic rings. The van der Waals surface area contributed by atoms with Gasteiger partial charge in [-0.2, -0.15) is 0 Å². The molecule has 0 atom stereocenters. The quantitative estimate of drug-likeness (QED) is 0.292. The second-order valence-electron chi connectivity index (χ2n) is 9.92. The van der Waals surface area contributed by atoms with Crippen LogP contribution in [-0.4, -0.2) is 39.8 Å². The third kappa shape index (κ3) is 5.23. The summed E-state index contributed by atoms with van der Waals surface area (Å²) in [4.78, 5) is 21.9. The first-order chi connectivity index (χ1) is 17.8. The Morgan fingerprint density at radius 2 is 1.95 bits per heavy atom. The Morgan fingerprint density at radius 3 is 2.73 bits per heavy atom. The number of alkyl halides is 1. The zero-order valence-corrected chi connectivity index (χ0v) is 22.7. The number of benzene rings is 1. The number of thiazole rings is 1. The fraction of sp³-hybridized carbons (Fsp3) is 0.429. The van der Waals surface area contributed by atoms with Crippen molar-refractivity contribution in [2.45, 2.75) is 59.4 Å². The SMILES string of the molecule is Cc1cc(-c2cnc3sc(N)nc3c2)cc2c1OCCN(c1nc(CCCCF)nc(C)c1C(C)C)C2. The minimum absolute atomic E-state index is 0.273. The highest BCUT2D eigenvalue weighted by Gasteiger charge is 2.24. The van der Waals surface area contributed by atoms with Gasteiger partial charge in [0.1, 0.15) is 34.3 Å². The van der Waals surface area contributed by atoms with Crippen LogP contribution in [0, 0.1) is 13.8 Å². The molecule has 5 rings (SSSR count). The lowest BCUT2D eigenvalue weighted by Gasteiger charge is -2.27. The first-order valence-corrected chi connectivity index (χ1v) is 13.6. The highest BCUT2D eigenvalue weighted by Crippen LogP contribution is 2.37. The van der Waals surface area contributed by atoms with Crippen LogP contribution in [-0.2, 0) is 13.0 Å². The first-order valence-electron chi connectivity index (χ1n) is 12.8. The summed E-state index contributed by atoms with van der Waals surface area (Å²) in [5, 5.41) is 0.520. The van der Waals surface area contributed by atoms with E-state index in [0.717, 1.165) is 74.2 Å². The monoisotopic (exact) mass is 520 g/mol. The van der Waals surface area contributed by atoms with Crippen molar-refractivity contribution in [1.29, 1.82) is 0 Å². The minimum Gasteiger partial charge on any atom is -0.491 e. The number of nitrogens with zero attached hydrogens (tertiary/aromatic N) is 5. The molecule has 0 saturated carbocycles. The van der Waals surface area contributed by atoms with Gasteiger partial charge in [-0.05, 0) is 61.9 Å². The van der Waals surface area contributed by atoms with Crippen LogP contribution in [0.5, 0.6) is 5.75 Å². The van der Waals surface area contributed by atoms with Gasteiger partial charge in [0.2, 0.25) is 0 Å². The maximum absolute atomic E-state index is 12.7. The molecule has 0 unspecified atom stereocenters. The predicted octanol–water partition coefficient (Wildman–Crippen LogP) is 6.16. The number of anilines is 2. The second-order valence-corrected chi connectivity index (χ2v) is 10.9. The topological polar surface area (TPSA) is 90.0 Å². The number of ether oxygens (including phenoxy) is 1. The number of nitrogens with two attached hydrogens (primary N) is 1. The molecule has 4 heterocycles. The Bertz CT molecular complexity index is 1440. The predicted molar refractivity (Wildman–Crippen MR) is 148 cm³/mol. The highest BCUT2D eigenvalue weighted by atomic mass is 32.1. The molecule has 37 heavy (non-hydrogen) atoms. The molecule has 7 nitrogen and oxygen atoms in total. The molecule has 0 radical (unpaired) electrons. The Balaban J connectivity index is 1.53. The molecule has 9 heteroatoms. The fourth-order valence-electron chi connectivity index (χ4n) is 5.09. The molecule has 3 aromatic heterocycles. The lowest BCUT2D eigenvalue weighted by atomic mass is 9.99. The summed E-state index contributed by atoms with van der Waals surface area (Å²) >= 11 is 1.39. The van der Waals surface area contributed by atoms with Crippen molar-refractivity contribution >= 4 is 32.6 Å². The Morgan fingerprint density at radius 1 is 1.11 bits per heavy atom. The average molecular weight is 521 g/mol. The molecule has 1 aromatic carbocycles. The number of pyridine rings is 1. The van der Waals surface area contributed by atoms with Gasteiger partial charge in [0.25, 0.3) is 0 Å². The number of hydrogen-bond donors (Lipinski definition) is 1. The number of aromatic nitrogens is 4. The summed E-state index contributed by atoms with van der Waals surface area (Å²) in [7, 11) is 0. The molecular weight excluding hydrogens is 487 g/mol. The summed E-state index contributed by atoms with van der Waals surface area (Å²) in [6.07, 6.45) is 3.83. The van der Waals surface area contributed by atoms with Gasteiger partial charge in [-0.3, -0.25) is 4.39 Å². The molecule has 1 aliphatic rings. The summed E-state index contributed by atoms with van der Waals surface area (Å²) < 4.78 is 19.0. The Kier molecular flexibility index (Phi) is 7.24. The second kappa shape index (κ2) is 10.6. The third-order valence-electron chi connectivity index (χ3n) is 6.74. The van der Waals surface area contributed by atoms with Gasteiger partial charge in [-0.25, -0.2) is 19.9 Å². The van der Waals surface area contributed by atoms with Crippen LogP contribution in [0.15, 0.2) is 24.4 Å². The maximum atomic E-state index is 12.7. The van der Waals surface area contributed by atoms with Gasteiger partial charge >= 0.3 is 0 Å². The van der Waals surface area contributed by atoms with Crippen molar-refractivity contribution in [1.82, 2.24) is 19.9 Å². The molecule has 1 aliphatic heterocycles. The molecule has 0 bridgehead atoms. The summed E-state index contributed by atoms with van der Waals surface area (Å²) in [6, 6.07) is 6.37. The third-order valence-corrected chi connectivity index (χ3v) is 7.55. The lowest BCUT2D eigenvalue weighted by molar-refractivity contribution is 0.329. The summed E-state index contributed by atoms with van der Waals surface area (Å²) in [5.74, 6) is 2.94. The van der Waals surface area contributed by atoms with E-state index in [4.69, 9.17) is 20.4 Å². The number of hydrogen-bond acceptors (Lipinski definition) is 8. The van der Waals surface area contributed by atoms with E-state index in [2.05, 4.69) is 54.7 Å². The van der Waals surface area contributed by atoms with Crippen LogP contribution in [0.25, 0.3) is 21.5 Å². The minimum atomic E-state index is -0.309. The average Bonchev–Trinajstić information content (AvgIpc) is 3.08. The van der Waals surface area contributed by atoms with Crippen LogP contribution in [0.3, 0.4) is 0 Å². The smallest absolute Gasteiger partial charge is 0.182 e. The number of fused-ring (bicyclic) bond motifs is 2. The van der Waals surface area contributed by atoms with Crippen molar-refractivity contribution in [2.75, 3.05) is 30.5 Å². The van der Waals surface area contributed by atoms with Crippen molar-refractivity contribution in [3.05, 3.63) is 52.6 Å². The van der Waals surface area contributed by atoms with Crippen LogP contribution in [0.1, 0.15) is 60.8 Å². The fourth-order valence-corrected chi connectivity index (χ4v) is 5.74. The molecule has 0 saturated heterocycles. The first kappa shape index (κ1) is 25.3. The Hall–Kier alpha value is -3.33. The number of rotatable bonds is 7. The van der Waals surface area contributed by atoms with Gasteiger partial charge in [-0.15, -0.1) is 0 Å². The number of halogens is 1. The summed E-state index contributed by atoms with van der Waals surface area (Å²) in [6.45, 7) is 10.1. The highest BCUT2D eigenvalue weighted by molar-refractivity contribution is 7.21. The molecule has 194 valence electrons. The largest absolute Gasteiger partial charge is 0.491 e. The van der Waals surface area contributed by atoms with E-state index >= 15 is 0 Å². The van der Waals surface area contributed by atoms with Crippen molar-refractivity contribution in [2.24, 2.45) is 0 Å². The van der Waals surface area contributed by atoms with Crippen LogP contribution < -0.4 is 15.4 Å². The van der Waals surface area contributed by atoms with Gasteiger partial charge in [0, 0.05) is 41.5 Å². The number of nitrogen functional groups attached to an aromatic ring is 1. The van der Waals surface area contributed by atoms with E-state index < -0.39 is 0 Å². The number of aryl methyl sites for hydroxylation is 3. The zero-order chi connectivity index (χ0) is 26.1. The van der Waals surface area contributed by atoms with Crippen LogP contribution in [0.2, 0.25) is 0 Å². The van der Waals surface area contributed by atoms with Gasteiger partial charge in [0.15, 0.2) is 5.13 Å². The molecule has 0 spiro atoms. The van der Waals surface area contributed by atoms with E-state index in [1.165, 1.54) is 11.3 Å². The van der Waals surface area contributed by atoms with E-state index in [-0.39, 0.29) is 12.6 Å². The summed E-state index contributed by atoms with van der Waals surface area (Å²) in [5.41, 5.74) is 13.1. The van der Waals surface area contributed by atoms with Crippen LogP contribution >= 0.6 is 11.3 Å². The molecule has 2 N–H and O–H groups in total. The standard InChI is InChI=1S/C28H33FN6OS/c1-16(2)24-18(4)32-23(7-5-6-8-29)34-26(24)35-9-10-36-25-17(3)11-19(12-21(25)15-35)20-13-22-27(31-14-20)37-28(30)33-22/h11-14,16H,5-10,15H2,1-4H3,(H2,30,33). The van der Waals surface area contributed by atoms with E-state index in [0.29, 0.717) is 31.1 Å². The van der Waals surface area contributed by atoms with Crippen LogP contribution in [0.4, 0.5) is 15.3 Å². The van der Waals surface area contributed by atoms with Gasteiger partial charge in [-0.1, -0.05) is 25.2 Å². The number of unbranched alkanes of at least 4 members (excludes halogenated alkanes) is 1.